The van der Waals surface area contributed by atoms with E-state index in [9.17, 15) is 0 Å². The first kappa shape index (κ1) is 11.3. The van der Waals surface area contributed by atoms with E-state index in [1.165, 1.54) is 0 Å². The van der Waals surface area contributed by atoms with Crippen molar-refractivity contribution in [3.63, 3.8) is 0 Å². The summed E-state index contributed by atoms with van der Waals surface area (Å²) in [6, 6.07) is 4.15. The second-order valence-electron chi connectivity index (χ2n) is 4.92. The molecule has 0 fully saturated rings. The minimum atomic E-state index is 0.0822. The zero-order chi connectivity index (χ0) is 12.7. The third kappa shape index (κ3) is 1.71. The number of hydrogen-bond donors (Lipinski definition) is 1. The first-order chi connectivity index (χ1) is 8.66. The van der Waals surface area contributed by atoms with Crippen molar-refractivity contribution in [3.8, 4) is 5.75 Å². The Balaban J connectivity index is 2.21. The van der Waals surface area contributed by atoms with Gasteiger partial charge in [0.15, 0.2) is 0 Å². The van der Waals surface area contributed by atoms with Gasteiger partial charge in [-0.3, -0.25) is 4.68 Å². The third-order valence-electron chi connectivity index (χ3n) is 3.27. The summed E-state index contributed by atoms with van der Waals surface area (Å²) >= 11 is 0. The number of anilines is 1. The molecule has 2 N–H and O–H groups in total. The first-order valence-electron chi connectivity index (χ1n) is 6.25. The predicted molar refractivity (Wildman–Crippen MR) is 72.1 cm³/mol. The molecule has 1 atom stereocenters. The number of likely N-dealkylation sites (N-methyl/N-ethyl adjacent to an activating group) is 1. The third-order valence-corrected chi connectivity index (χ3v) is 3.27. The van der Waals surface area contributed by atoms with E-state index < -0.39 is 0 Å². The standard InChI is InChI=1S/C13H18N4O/c1-9(14)8-17-12-10(7-15-17)3-4-11-13(12)16(2)5-6-18-11/h3-4,7,9H,5-6,8,14H2,1-2H3. The summed E-state index contributed by atoms with van der Waals surface area (Å²) in [5, 5.41) is 5.56. The lowest BCUT2D eigenvalue weighted by atomic mass is 10.1. The highest BCUT2D eigenvalue weighted by Crippen LogP contribution is 2.37. The molecule has 3 rings (SSSR count). The van der Waals surface area contributed by atoms with E-state index in [0.717, 1.165) is 35.5 Å². The number of ether oxygens (including phenoxy) is 1. The number of nitrogens with zero attached hydrogens (tertiary/aromatic N) is 3. The van der Waals surface area contributed by atoms with Gasteiger partial charge in [-0.05, 0) is 19.1 Å². The van der Waals surface area contributed by atoms with Gasteiger partial charge in [-0.15, -0.1) is 0 Å². The maximum Gasteiger partial charge on any atom is 0.144 e. The fraction of sp³-hybridized carbons (Fsp3) is 0.462. The molecule has 96 valence electrons. The van der Waals surface area contributed by atoms with Crippen LogP contribution < -0.4 is 15.4 Å². The highest BCUT2D eigenvalue weighted by molar-refractivity contribution is 5.95. The van der Waals surface area contributed by atoms with Gasteiger partial charge in [0.25, 0.3) is 0 Å². The van der Waals surface area contributed by atoms with Crippen LogP contribution in [0.4, 0.5) is 5.69 Å². The summed E-state index contributed by atoms with van der Waals surface area (Å²) in [6.07, 6.45) is 1.89. The Bertz CT molecular complexity index is 576. The van der Waals surface area contributed by atoms with Crippen LogP contribution in [0, 0.1) is 0 Å². The van der Waals surface area contributed by atoms with E-state index in [0.29, 0.717) is 6.54 Å². The molecule has 1 aliphatic rings. The van der Waals surface area contributed by atoms with Crippen LogP contribution >= 0.6 is 0 Å². The molecule has 0 saturated heterocycles. The van der Waals surface area contributed by atoms with E-state index in [4.69, 9.17) is 10.5 Å². The molecule has 1 unspecified atom stereocenters. The quantitative estimate of drug-likeness (QED) is 0.865. The van der Waals surface area contributed by atoms with E-state index in [1.54, 1.807) is 0 Å². The smallest absolute Gasteiger partial charge is 0.144 e. The molecule has 5 nitrogen and oxygen atoms in total. The van der Waals surface area contributed by atoms with Crippen LogP contribution in [0.2, 0.25) is 0 Å². The monoisotopic (exact) mass is 246 g/mol. The van der Waals surface area contributed by atoms with Crippen molar-refractivity contribution in [3.05, 3.63) is 18.3 Å². The Labute approximate surface area is 106 Å². The minimum absolute atomic E-state index is 0.0822. The minimum Gasteiger partial charge on any atom is -0.489 e. The number of aromatic nitrogens is 2. The maximum absolute atomic E-state index is 5.88. The van der Waals surface area contributed by atoms with Gasteiger partial charge >= 0.3 is 0 Å². The molecule has 1 aromatic carbocycles. The normalized spacial score (nSPS) is 16.5. The summed E-state index contributed by atoms with van der Waals surface area (Å²) in [5.74, 6) is 0.933. The summed E-state index contributed by atoms with van der Waals surface area (Å²) in [5.41, 5.74) is 8.12. The molecule has 0 spiro atoms. The van der Waals surface area contributed by atoms with Crippen LogP contribution in [-0.2, 0) is 6.54 Å². The Morgan fingerprint density at radius 1 is 1.50 bits per heavy atom. The highest BCUT2D eigenvalue weighted by Gasteiger charge is 2.21. The largest absolute Gasteiger partial charge is 0.489 e. The average Bonchev–Trinajstić information content (AvgIpc) is 2.72. The van der Waals surface area contributed by atoms with Crippen molar-refractivity contribution in [1.82, 2.24) is 9.78 Å². The summed E-state index contributed by atoms with van der Waals surface area (Å²) in [4.78, 5) is 2.22. The van der Waals surface area contributed by atoms with Crippen molar-refractivity contribution in [2.45, 2.75) is 19.5 Å². The average molecular weight is 246 g/mol. The highest BCUT2D eigenvalue weighted by atomic mass is 16.5. The lowest BCUT2D eigenvalue weighted by Crippen LogP contribution is -2.30. The van der Waals surface area contributed by atoms with Crippen molar-refractivity contribution < 1.29 is 4.74 Å². The summed E-state index contributed by atoms with van der Waals surface area (Å²) in [7, 11) is 2.09. The molecule has 0 saturated carbocycles. The van der Waals surface area contributed by atoms with Gasteiger partial charge in [-0.2, -0.15) is 5.10 Å². The van der Waals surface area contributed by atoms with Crippen LogP contribution in [0.3, 0.4) is 0 Å². The molecular formula is C13H18N4O. The second kappa shape index (κ2) is 4.17. The van der Waals surface area contributed by atoms with E-state index >= 15 is 0 Å². The lowest BCUT2D eigenvalue weighted by molar-refractivity contribution is 0.312. The van der Waals surface area contributed by atoms with Crippen LogP contribution in [0.1, 0.15) is 6.92 Å². The first-order valence-corrected chi connectivity index (χ1v) is 6.25. The number of benzene rings is 1. The molecule has 1 aliphatic heterocycles. The number of hydrogen-bond acceptors (Lipinski definition) is 4. The van der Waals surface area contributed by atoms with Crippen molar-refractivity contribution in [2.24, 2.45) is 5.73 Å². The van der Waals surface area contributed by atoms with Crippen LogP contribution in [0.5, 0.6) is 5.75 Å². The molecule has 0 aliphatic carbocycles. The van der Waals surface area contributed by atoms with E-state index in [-0.39, 0.29) is 6.04 Å². The topological polar surface area (TPSA) is 56.3 Å². The SMILES string of the molecule is CC(N)Cn1ncc2ccc3c(c21)N(C)CCO3. The Morgan fingerprint density at radius 3 is 3.11 bits per heavy atom. The molecule has 0 amide bonds. The van der Waals surface area contributed by atoms with Gasteiger partial charge in [0.05, 0.1) is 24.8 Å². The van der Waals surface area contributed by atoms with E-state index in [1.807, 2.05) is 23.9 Å². The lowest BCUT2D eigenvalue weighted by Gasteiger charge is -2.28. The van der Waals surface area contributed by atoms with Crippen molar-refractivity contribution in [1.29, 1.82) is 0 Å². The van der Waals surface area contributed by atoms with Gasteiger partial charge in [-0.1, -0.05) is 0 Å². The molecule has 2 heterocycles. The molecule has 18 heavy (non-hydrogen) atoms. The molecule has 1 aromatic heterocycles. The number of fused-ring (bicyclic) bond motifs is 3. The fourth-order valence-electron chi connectivity index (χ4n) is 2.44. The second-order valence-corrected chi connectivity index (χ2v) is 4.92. The van der Waals surface area contributed by atoms with Gasteiger partial charge < -0.3 is 15.4 Å². The van der Waals surface area contributed by atoms with Crippen molar-refractivity contribution >= 4 is 16.6 Å². The molecule has 0 radical (unpaired) electrons. The fourth-order valence-corrected chi connectivity index (χ4v) is 2.44. The number of nitrogens with two attached hydrogens (primary N) is 1. The molecule has 5 heteroatoms. The maximum atomic E-state index is 5.88. The van der Waals surface area contributed by atoms with Crippen LogP contribution in [-0.4, -0.2) is 36.0 Å². The summed E-state index contributed by atoms with van der Waals surface area (Å²) in [6.45, 7) is 4.34. The molecular weight excluding hydrogens is 228 g/mol. The van der Waals surface area contributed by atoms with E-state index in [2.05, 4.69) is 23.1 Å². The Kier molecular flexibility index (Phi) is 2.63. The molecule has 0 bridgehead atoms. The Hall–Kier alpha value is -1.75. The predicted octanol–water partition coefficient (Wildman–Crippen LogP) is 1.21. The zero-order valence-electron chi connectivity index (χ0n) is 10.8. The van der Waals surface area contributed by atoms with Gasteiger partial charge in [-0.25, -0.2) is 0 Å². The molecule has 2 aromatic rings. The van der Waals surface area contributed by atoms with Crippen LogP contribution in [0.25, 0.3) is 10.9 Å². The van der Waals surface area contributed by atoms with Gasteiger partial charge in [0.1, 0.15) is 18.0 Å². The Morgan fingerprint density at radius 2 is 2.33 bits per heavy atom. The summed E-state index contributed by atoms with van der Waals surface area (Å²) < 4.78 is 7.69. The number of rotatable bonds is 2. The zero-order valence-corrected chi connectivity index (χ0v) is 10.8. The van der Waals surface area contributed by atoms with Crippen molar-refractivity contribution in [2.75, 3.05) is 25.1 Å². The van der Waals surface area contributed by atoms with Gasteiger partial charge in [0, 0.05) is 18.5 Å². The van der Waals surface area contributed by atoms with Gasteiger partial charge in [0.2, 0.25) is 0 Å². The van der Waals surface area contributed by atoms with Crippen LogP contribution in [0.15, 0.2) is 18.3 Å².